The molecule has 0 amide bonds. The predicted octanol–water partition coefficient (Wildman–Crippen LogP) is 3.75. The van der Waals surface area contributed by atoms with Gasteiger partial charge in [-0.1, -0.05) is 18.2 Å². The number of para-hydroxylation sites is 1. The molecular formula is C13H8BrNO2. The van der Waals surface area contributed by atoms with E-state index in [2.05, 4.69) is 20.9 Å². The van der Waals surface area contributed by atoms with Crippen LogP contribution in [0.25, 0.3) is 10.9 Å². The summed E-state index contributed by atoms with van der Waals surface area (Å²) in [5.74, 6) is -0.0527. The monoisotopic (exact) mass is 289 g/mol. The Bertz CT molecular complexity index is 696. The van der Waals surface area contributed by atoms with Gasteiger partial charge in [-0.3, -0.25) is 4.79 Å². The van der Waals surface area contributed by atoms with Crippen molar-refractivity contribution in [2.24, 2.45) is 0 Å². The van der Waals surface area contributed by atoms with Crippen molar-refractivity contribution in [3.05, 3.63) is 58.6 Å². The fourth-order valence-electron chi connectivity index (χ4n) is 1.86. The maximum absolute atomic E-state index is 12.3. The van der Waals surface area contributed by atoms with Crippen molar-refractivity contribution >= 4 is 32.6 Å². The van der Waals surface area contributed by atoms with E-state index in [0.29, 0.717) is 15.8 Å². The highest BCUT2D eigenvalue weighted by molar-refractivity contribution is 9.10. The quantitative estimate of drug-likeness (QED) is 0.730. The third-order valence-electron chi connectivity index (χ3n) is 2.70. The highest BCUT2D eigenvalue weighted by Gasteiger charge is 2.17. The molecule has 2 aromatic heterocycles. The van der Waals surface area contributed by atoms with Crippen molar-refractivity contribution in [2.45, 2.75) is 0 Å². The molecule has 3 nitrogen and oxygen atoms in total. The van der Waals surface area contributed by atoms with Crippen LogP contribution in [0.4, 0.5) is 0 Å². The summed E-state index contributed by atoms with van der Waals surface area (Å²) >= 11 is 3.22. The van der Waals surface area contributed by atoms with Gasteiger partial charge in [0, 0.05) is 22.7 Å². The van der Waals surface area contributed by atoms with Gasteiger partial charge in [0.15, 0.2) is 10.5 Å². The van der Waals surface area contributed by atoms with Crippen molar-refractivity contribution in [2.75, 3.05) is 0 Å². The molecule has 3 aromatic rings. The molecule has 0 saturated heterocycles. The molecule has 0 aliphatic rings. The Kier molecular flexibility index (Phi) is 2.37. The van der Waals surface area contributed by atoms with Crippen molar-refractivity contribution in [3.63, 3.8) is 0 Å². The number of rotatable bonds is 2. The van der Waals surface area contributed by atoms with Gasteiger partial charge < -0.3 is 9.40 Å². The van der Waals surface area contributed by atoms with Crippen LogP contribution in [-0.2, 0) is 0 Å². The molecular weight excluding hydrogens is 282 g/mol. The standard InChI is InChI=1S/C13H8BrNO2/c14-13-9(5-6-17-13)12(16)10-7-15-11-4-2-1-3-8(10)11/h1-7,15H. The molecule has 2 heterocycles. The van der Waals surface area contributed by atoms with Crippen LogP contribution in [0, 0.1) is 0 Å². The molecule has 17 heavy (non-hydrogen) atoms. The van der Waals surface area contributed by atoms with Crippen molar-refractivity contribution in [1.82, 2.24) is 4.98 Å². The largest absolute Gasteiger partial charge is 0.457 e. The molecule has 84 valence electrons. The van der Waals surface area contributed by atoms with Gasteiger partial charge in [0.25, 0.3) is 0 Å². The van der Waals surface area contributed by atoms with Gasteiger partial charge >= 0.3 is 0 Å². The summed E-state index contributed by atoms with van der Waals surface area (Å²) < 4.78 is 5.55. The average Bonchev–Trinajstić information content (AvgIpc) is 2.94. The van der Waals surface area contributed by atoms with Gasteiger partial charge in [0.1, 0.15) is 0 Å². The third-order valence-corrected chi connectivity index (χ3v) is 3.31. The fourth-order valence-corrected chi connectivity index (χ4v) is 2.28. The van der Waals surface area contributed by atoms with Crippen LogP contribution in [-0.4, -0.2) is 10.8 Å². The summed E-state index contributed by atoms with van der Waals surface area (Å²) in [5, 5.41) is 0.922. The van der Waals surface area contributed by atoms with Gasteiger partial charge in [-0.25, -0.2) is 0 Å². The number of furan rings is 1. The molecule has 0 radical (unpaired) electrons. The molecule has 0 aliphatic carbocycles. The Morgan fingerprint density at radius 2 is 2.00 bits per heavy atom. The van der Waals surface area contributed by atoms with E-state index in [1.807, 2.05) is 24.3 Å². The minimum absolute atomic E-state index is 0.0527. The maximum Gasteiger partial charge on any atom is 0.199 e. The Morgan fingerprint density at radius 3 is 2.76 bits per heavy atom. The molecule has 0 fully saturated rings. The zero-order chi connectivity index (χ0) is 11.8. The predicted molar refractivity (Wildman–Crippen MR) is 68.1 cm³/mol. The summed E-state index contributed by atoms with van der Waals surface area (Å²) in [6, 6.07) is 9.37. The summed E-state index contributed by atoms with van der Waals surface area (Å²) in [6.45, 7) is 0. The molecule has 4 heteroatoms. The van der Waals surface area contributed by atoms with Crippen LogP contribution in [0.15, 0.2) is 51.9 Å². The third kappa shape index (κ3) is 1.61. The number of H-pyrrole nitrogens is 1. The molecule has 0 aliphatic heterocycles. The van der Waals surface area contributed by atoms with E-state index < -0.39 is 0 Å². The first kappa shape index (κ1) is 10.4. The molecule has 1 aromatic carbocycles. The number of carbonyl (C=O) groups is 1. The van der Waals surface area contributed by atoms with Crippen LogP contribution in [0.5, 0.6) is 0 Å². The summed E-state index contributed by atoms with van der Waals surface area (Å²) in [5.41, 5.74) is 2.15. The highest BCUT2D eigenvalue weighted by Crippen LogP contribution is 2.25. The van der Waals surface area contributed by atoms with E-state index in [4.69, 9.17) is 4.42 Å². The van der Waals surface area contributed by atoms with Gasteiger partial charge in [-0.15, -0.1) is 0 Å². The second-order valence-electron chi connectivity index (χ2n) is 3.69. The first-order valence-corrected chi connectivity index (χ1v) is 5.90. The number of fused-ring (bicyclic) bond motifs is 1. The van der Waals surface area contributed by atoms with E-state index in [1.54, 1.807) is 12.3 Å². The Morgan fingerprint density at radius 1 is 1.18 bits per heavy atom. The van der Waals surface area contributed by atoms with E-state index in [1.165, 1.54) is 6.26 Å². The number of aromatic amines is 1. The molecule has 0 bridgehead atoms. The molecule has 0 saturated carbocycles. The molecule has 0 spiro atoms. The first-order valence-electron chi connectivity index (χ1n) is 5.11. The zero-order valence-electron chi connectivity index (χ0n) is 8.74. The average molecular weight is 290 g/mol. The Hall–Kier alpha value is -1.81. The number of hydrogen-bond acceptors (Lipinski definition) is 2. The topological polar surface area (TPSA) is 46.0 Å². The smallest absolute Gasteiger partial charge is 0.199 e. The molecule has 1 N–H and O–H groups in total. The fraction of sp³-hybridized carbons (Fsp3) is 0. The number of ketones is 1. The zero-order valence-corrected chi connectivity index (χ0v) is 10.3. The molecule has 3 rings (SSSR count). The second-order valence-corrected chi connectivity index (χ2v) is 4.41. The Balaban J connectivity index is 2.17. The summed E-state index contributed by atoms with van der Waals surface area (Å²) in [6.07, 6.45) is 3.22. The summed E-state index contributed by atoms with van der Waals surface area (Å²) in [4.78, 5) is 15.4. The van der Waals surface area contributed by atoms with Crippen LogP contribution >= 0.6 is 15.9 Å². The van der Waals surface area contributed by atoms with E-state index >= 15 is 0 Å². The van der Waals surface area contributed by atoms with Gasteiger partial charge in [0.2, 0.25) is 0 Å². The minimum Gasteiger partial charge on any atom is -0.457 e. The van der Waals surface area contributed by atoms with Crippen LogP contribution in [0.1, 0.15) is 15.9 Å². The van der Waals surface area contributed by atoms with E-state index in [9.17, 15) is 4.79 Å². The van der Waals surface area contributed by atoms with Crippen LogP contribution in [0.3, 0.4) is 0 Å². The molecule has 0 unspecified atom stereocenters. The van der Waals surface area contributed by atoms with Crippen LogP contribution < -0.4 is 0 Å². The van der Waals surface area contributed by atoms with Gasteiger partial charge in [-0.2, -0.15) is 0 Å². The van der Waals surface area contributed by atoms with Gasteiger partial charge in [0.05, 0.1) is 11.8 Å². The van der Waals surface area contributed by atoms with E-state index in [-0.39, 0.29) is 5.78 Å². The summed E-state index contributed by atoms with van der Waals surface area (Å²) in [7, 11) is 0. The Labute approximate surface area is 106 Å². The number of halogens is 1. The number of benzene rings is 1. The van der Waals surface area contributed by atoms with Crippen molar-refractivity contribution in [3.8, 4) is 0 Å². The van der Waals surface area contributed by atoms with Crippen molar-refractivity contribution in [1.29, 1.82) is 0 Å². The first-order chi connectivity index (χ1) is 8.27. The lowest BCUT2D eigenvalue weighted by Crippen LogP contribution is -1.99. The number of nitrogens with one attached hydrogen (secondary N) is 1. The number of hydrogen-bond donors (Lipinski definition) is 1. The lowest BCUT2D eigenvalue weighted by Gasteiger charge is -1.96. The van der Waals surface area contributed by atoms with E-state index in [0.717, 1.165) is 10.9 Å². The lowest BCUT2D eigenvalue weighted by atomic mass is 10.1. The van der Waals surface area contributed by atoms with Crippen molar-refractivity contribution < 1.29 is 9.21 Å². The minimum atomic E-state index is -0.0527. The molecule has 0 atom stereocenters. The van der Waals surface area contributed by atoms with Gasteiger partial charge in [-0.05, 0) is 28.1 Å². The SMILES string of the molecule is O=C(c1ccoc1Br)c1c[nH]c2ccccc12. The lowest BCUT2D eigenvalue weighted by molar-refractivity contribution is 0.103. The highest BCUT2D eigenvalue weighted by atomic mass is 79.9. The van der Waals surface area contributed by atoms with Crippen LogP contribution in [0.2, 0.25) is 0 Å². The normalized spacial score (nSPS) is 10.9. The second kappa shape index (κ2) is 3.89. The number of carbonyl (C=O) groups excluding carboxylic acids is 1. The number of aromatic nitrogens is 1. The maximum atomic E-state index is 12.3.